The van der Waals surface area contributed by atoms with Crippen molar-refractivity contribution in [1.29, 1.82) is 0 Å². The second-order valence-corrected chi connectivity index (χ2v) is 4.83. The molecule has 16 heavy (non-hydrogen) atoms. The molecule has 1 aromatic heterocycles. The zero-order valence-electron chi connectivity index (χ0n) is 9.99. The molecule has 1 aromatic rings. The van der Waals surface area contributed by atoms with Crippen LogP contribution in [0.2, 0.25) is 0 Å². The molecule has 0 spiro atoms. The van der Waals surface area contributed by atoms with Crippen LogP contribution in [0.4, 0.5) is 0 Å². The van der Waals surface area contributed by atoms with E-state index in [2.05, 4.69) is 28.5 Å². The Balaban J connectivity index is 2.69. The maximum absolute atomic E-state index is 5.59. The number of aryl methyl sites for hydroxylation is 1. The van der Waals surface area contributed by atoms with Gasteiger partial charge < -0.3 is 0 Å². The molecule has 0 fully saturated rings. The highest BCUT2D eigenvalue weighted by Crippen LogP contribution is 2.25. The molecule has 0 radical (unpaired) electrons. The molecule has 0 aliphatic heterocycles. The van der Waals surface area contributed by atoms with Crippen LogP contribution in [0.15, 0.2) is 12.2 Å². The molecule has 1 heterocycles. The van der Waals surface area contributed by atoms with Gasteiger partial charge in [0.05, 0.1) is 16.6 Å². The molecule has 3 N–H and O–H groups in total. The Morgan fingerprint density at radius 3 is 2.94 bits per heavy atom. The maximum Gasteiger partial charge on any atom is 0.0804 e. The average Bonchev–Trinajstić information content (AvgIpc) is 2.68. The lowest BCUT2D eigenvalue weighted by Crippen LogP contribution is -2.28. The Labute approximate surface area is 101 Å². The number of rotatable bonds is 7. The van der Waals surface area contributed by atoms with Gasteiger partial charge in [0.25, 0.3) is 0 Å². The predicted octanol–water partition coefficient (Wildman–Crippen LogP) is 2.35. The molecule has 0 amide bonds. The molecule has 0 saturated heterocycles. The second-order valence-electron chi connectivity index (χ2n) is 4.05. The lowest BCUT2D eigenvalue weighted by Gasteiger charge is -2.14. The van der Waals surface area contributed by atoms with E-state index in [-0.39, 0.29) is 6.04 Å². The van der Waals surface area contributed by atoms with Crippen LogP contribution in [-0.4, -0.2) is 9.59 Å². The van der Waals surface area contributed by atoms with Crippen molar-refractivity contribution in [3.05, 3.63) is 22.7 Å². The summed E-state index contributed by atoms with van der Waals surface area (Å²) in [6, 6.07) is 0.151. The molecule has 0 bridgehead atoms. The molecule has 0 aromatic carbocycles. The molecular weight excluding hydrogens is 220 g/mol. The van der Waals surface area contributed by atoms with Gasteiger partial charge in [-0.15, -0.1) is 11.7 Å². The third-order valence-electron chi connectivity index (χ3n) is 2.45. The number of allylic oxidation sites excluding steroid dienone is 1. The number of hydrazine groups is 1. The molecule has 0 saturated carbocycles. The van der Waals surface area contributed by atoms with Gasteiger partial charge in [0.2, 0.25) is 0 Å². The van der Waals surface area contributed by atoms with Crippen molar-refractivity contribution in [1.82, 2.24) is 15.0 Å². The van der Waals surface area contributed by atoms with Crippen molar-refractivity contribution >= 4 is 11.5 Å². The minimum Gasteiger partial charge on any atom is -0.271 e. The van der Waals surface area contributed by atoms with Crippen LogP contribution in [0.3, 0.4) is 0 Å². The van der Waals surface area contributed by atoms with Gasteiger partial charge in [-0.05, 0) is 37.7 Å². The van der Waals surface area contributed by atoms with E-state index in [1.807, 2.05) is 6.92 Å². The van der Waals surface area contributed by atoms with Gasteiger partial charge in [0.15, 0.2) is 0 Å². The van der Waals surface area contributed by atoms with Crippen LogP contribution < -0.4 is 11.3 Å². The van der Waals surface area contributed by atoms with Gasteiger partial charge >= 0.3 is 0 Å². The van der Waals surface area contributed by atoms with Crippen molar-refractivity contribution < 1.29 is 0 Å². The first kappa shape index (κ1) is 13.3. The van der Waals surface area contributed by atoms with Gasteiger partial charge in [-0.3, -0.25) is 11.3 Å². The Morgan fingerprint density at radius 2 is 2.38 bits per heavy atom. The largest absolute Gasteiger partial charge is 0.271 e. The molecule has 0 aliphatic rings. The fourth-order valence-electron chi connectivity index (χ4n) is 1.57. The molecule has 1 atom stereocenters. The number of hydrogen-bond donors (Lipinski definition) is 2. The first-order valence-corrected chi connectivity index (χ1v) is 6.38. The van der Waals surface area contributed by atoms with E-state index in [1.54, 1.807) is 0 Å². The molecule has 1 rings (SSSR count). The third-order valence-corrected chi connectivity index (χ3v) is 3.33. The quantitative estimate of drug-likeness (QED) is 0.436. The first-order chi connectivity index (χ1) is 7.69. The Morgan fingerprint density at radius 1 is 1.62 bits per heavy atom. The standard InChI is InChI=1S/C11H20N4S/c1-4-5-10-11(16-15-14-10)9(13-12)7-6-8(2)3/h9,13H,2,4-7,12H2,1,3H3. The average molecular weight is 240 g/mol. The number of nitrogens with zero attached hydrogens (tertiary/aromatic N) is 2. The monoisotopic (exact) mass is 240 g/mol. The summed E-state index contributed by atoms with van der Waals surface area (Å²) in [6.07, 6.45) is 3.97. The predicted molar refractivity (Wildman–Crippen MR) is 68.0 cm³/mol. The smallest absolute Gasteiger partial charge is 0.0804 e. The summed E-state index contributed by atoms with van der Waals surface area (Å²) in [7, 11) is 0. The van der Waals surface area contributed by atoms with E-state index in [1.165, 1.54) is 22.0 Å². The van der Waals surface area contributed by atoms with E-state index in [9.17, 15) is 0 Å². The molecule has 90 valence electrons. The van der Waals surface area contributed by atoms with Crippen molar-refractivity contribution in [2.45, 2.75) is 45.6 Å². The third kappa shape index (κ3) is 3.66. The Hall–Kier alpha value is -0.780. The van der Waals surface area contributed by atoms with Crippen molar-refractivity contribution in [3.8, 4) is 0 Å². The zero-order valence-corrected chi connectivity index (χ0v) is 10.8. The second kappa shape index (κ2) is 6.73. The van der Waals surface area contributed by atoms with Crippen LogP contribution in [0, 0.1) is 0 Å². The van der Waals surface area contributed by atoms with E-state index in [0.717, 1.165) is 31.4 Å². The molecule has 5 heteroatoms. The van der Waals surface area contributed by atoms with Crippen molar-refractivity contribution in [2.75, 3.05) is 0 Å². The molecule has 1 unspecified atom stereocenters. The summed E-state index contributed by atoms with van der Waals surface area (Å²) in [6.45, 7) is 8.08. The Kier molecular flexibility index (Phi) is 5.59. The van der Waals surface area contributed by atoms with Crippen molar-refractivity contribution in [2.24, 2.45) is 5.84 Å². The van der Waals surface area contributed by atoms with E-state index in [4.69, 9.17) is 5.84 Å². The molecule has 0 aliphatic carbocycles. The van der Waals surface area contributed by atoms with Gasteiger partial charge in [0, 0.05) is 0 Å². The highest BCUT2D eigenvalue weighted by molar-refractivity contribution is 7.05. The fourth-order valence-corrected chi connectivity index (χ4v) is 2.36. The summed E-state index contributed by atoms with van der Waals surface area (Å²) in [5.74, 6) is 5.59. The van der Waals surface area contributed by atoms with Crippen LogP contribution >= 0.6 is 11.5 Å². The van der Waals surface area contributed by atoms with Gasteiger partial charge in [-0.1, -0.05) is 23.4 Å². The lowest BCUT2D eigenvalue weighted by molar-refractivity contribution is 0.518. The minimum atomic E-state index is 0.151. The maximum atomic E-state index is 5.59. The highest BCUT2D eigenvalue weighted by atomic mass is 32.1. The van der Waals surface area contributed by atoms with Crippen LogP contribution in [0.25, 0.3) is 0 Å². The molecular formula is C11H20N4S. The summed E-state index contributed by atoms with van der Waals surface area (Å²) < 4.78 is 4.01. The van der Waals surface area contributed by atoms with Gasteiger partial charge in [-0.2, -0.15) is 0 Å². The van der Waals surface area contributed by atoms with Crippen LogP contribution in [-0.2, 0) is 6.42 Å². The zero-order chi connectivity index (χ0) is 12.0. The number of aromatic nitrogens is 2. The van der Waals surface area contributed by atoms with Crippen molar-refractivity contribution in [3.63, 3.8) is 0 Å². The van der Waals surface area contributed by atoms with Gasteiger partial charge in [0.1, 0.15) is 0 Å². The van der Waals surface area contributed by atoms with Gasteiger partial charge in [-0.25, -0.2) is 0 Å². The minimum absolute atomic E-state index is 0.151. The van der Waals surface area contributed by atoms with E-state index in [0.29, 0.717) is 0 Å². The topological polar surface area (TPSA) is 63.8 Å². The summed E-state index contributed by atoms with van der Waals surface area (Å²) in [5.41, 5.74) is 5.10. The Bertz CT molecular complexity index is 334. The summed E-state index contributed by atoms with van der Waals surface area (Å²) in [5, 5.41) is 4.15. The first-order valence-electron chi connectivity index (χ1n) is 5.60. The fraction of sp³-hybridized carbons (Fsp3) is 0.636. The number of hydrogen-bond acceptors (Lipinski definition) is 5. The summed E-state index contributed by atoms with van der Waals surface area (Å²) >= 11 is 1.44. The number of nitrogens with one attached hydrogen (secondary N) is 1. The van der Waals surface area contributed by atoms with Crippen LogP contribution in [0.1, 0.15) is 49.7 Å². The lowest BCUT2D eigenvalue weighted by atomic mass is 10.0. The van der Waals surface area contributed by atoms with E-state index >= 15 is 0 Å². The normalized spacial score (nSPS) is 12.7. The summed E-state index contributed by atoms with van der Waals surface area (Å²) in [4.78, 5) is 1.17. The molecule has 4 nitrogen and oxygen atoms in total. The highest BCUT2D eigenvalue weighted by Gasteiger charge is 2.17. The van der Waals surface area contributed by atoms with E-state index < -0.39 is 0 Å². The van der Waals surface area contributed by atoms with Crippen LogP contribution in [0.5, 0.6) is 0 Å². The number of nitrogens with two attached hydrogens (primary N) is 1. The SMILES string of the molecule is C=C(C)CCC(NN)c1snnc1CCC.